The van der Waals surface area contributed by atoms with Gasteiger partial charge < -0.3 is 5.32 Å². The van der Waals surface area contributed by atoms with Gasteiger partial charge in [-0.25, -0.2) is 0 Å². The van der Waals surface area contributed by atoms with Crippen LogP contribution < -0.4 is 5.32 Å². The van der Waals surface area contributed by atoms with Gasteiger partial charge in [0.1, 0.15) is 0 Å². The predicted molar refractivity (Wildman–Crippen MR) is 106 cm³/mol. The topological polar surface area (TPSA) is 32.3 Å². The summed E-state index contributed by atoms with van der Waals surface area (Å²) < 4.78 is 0. The van der Waals surface area contributed by atoms with E-state index in [0.29, 0.717) is 21.9 Å². The number of hydrogen-bond acceptors (Lipinski definition) is 2. The van der Waals surface area contributed by atoms with Crippen LogP contribution in [0.2, 0.25) is 10.0 Å². The first-order chi connectivity index (χ1) is 11.8. The number of carbonyl (C=O) groups is 1. The maximum Gasteiger partial charge on any atom is 0.223 e. The summed E-state index contributed by atoms with van der Waals surface area (Å²) in [6.07, 6.45) is 1.81. The molecule has 1 aromatic rings. The van der Waals surface area contributed by atoms with Crippen LogP contribution in [0.15, 0.2) is 18.2 Å². The molecule has 25 heavy (non-hydrogen) atoms. The van der Waals surface area contributed by atoms with Gasteiger partial charge in [-0.05, 0) is 55.5 Å². The smallest absolute Gasteiger partial charge is 0.223 e. The number of piperidine rings is 1. The molecule has 0 bridgehead atoms. The fourth-order valence-corrected chi connectivity index (χ4v) is 4.10. The van der Waals surface area contributed by atoms with Gasteiger partial charge in [0.25, 0.3) is 0 Å². The van der Waals surface area contributed by atoms with Gasteiger partial charge in [0, 0.05) is 28.5 Å². The van der Waals surface area contributed by atoms with Crippen molar-refractivity contribution >= 4 is 29.1 Å². The van der Waals surface area contributed by atoms with Gasteiger partial charge in [0.15, 0.2) is 0 Å². The highest BCUT2D eigenvalue weighted by atomic mass is 35.5. The lowest BCUT2D eigenvalue weighted by Crippen LogP contribution is -2.47. The third-order valence-electron chi connectivity index (χ3n) is 5.11. The fourth-order valence-electron chi connectivity index (χ4n) is 3.63. The Kier molecular flexibility index (Phi) is 7.60. The fraction of sp³-hybridized carbons (Fsp3) is 0.650. The molecule has 3 nitrogen and oxygen atoms in total. The summed E-state index contributed by atoms with van der Waals surface area (Å²) in [5.41, 5.74) is 1.09. The largest absolute Gasteiger partial charge is 0.353 e. The molecule has 0 radical (unpaired) electrons. The molecule has 0 aliphatic carbocycles. The molecule has 0 aromatic heterocycles. The summed E-state index contributed by atoms with van der Waals surface area (Å²) in [5.74, 6) is 1.25. The van der Waals surface area contributed by atoms with Gasteiger partial charge in [-0.2, -0.15) is 0 Å². The monoisotopic (exact) mass is 384 g/mol. The van der Waals surface area contributed by atoms with Crippen molar-refractivity contribution in [2.75, 3.05) is 13.1 Å². The molecular formula is C20H30Cl2N2O. The van der Waals surface area contributed by atoms with Crippen LogP contribution in [0.25, 0.3) is 0 Å². The molecule has 0 unspecified atom stereocenters. The number of halogens is 2. The van der Waals surface area contributed by atoms with E-state index in [-0.39, 0.29) is 17.9 Å². The minimum absolute atomic E-state index is 0.122. The minimum atomic E-state index is 0.122. The van der Waals surface area contributed by atoms with E-state index in [9.17, 15) is 4.79 Å². The highest BCUT2D eigenvalue weighted by Crippen LogP contribution is 2.25. The lowest BCUT2D eigenvalue weighted by molar-refractivity contribution is -0.127. The minimum Gasteiger partial charge on any atom is -0.353 e. The second-order valence-corrected chi connectivity index (χ2v) is 8.65. The van der Waals surface area contributed by atoms with Crippen molar-refractivity contribution in [3.8, 4) is 0 Å². The molecule has 1 heterocycles. The van der Waals surface area contributed by atoms with Crippen LogP contribution in [0.4, 0.5) is 0 Å². The maximum absolute atomic E-state index is 12.6. The Morgan fingerprint density at radius 1 is 1.16 bits per heavy atom. The molecular weight excluding hydrogens is 355 g/mol. The Morgan fingerprint density at radius 2 is 1.76 bits per heavy atom. The Hall–Kier alpha value is -0.770. The van der Waals surface area contributed by atoms with Crippen molar-refractivity contribution in [1.29, 1.82) is 0 Å². The Balaban J connectivity index is 1.85. The first-order valence-corrected chi connectivity index (χ1v) is 10.00. The van der Waals surface area contributed by atoms with Crippen LogP contribution in [-0.2, 0) is 11.3 Å². The normalized spacial score (nSPS) is 16.8. The molecule has 5 heteroatoms. The van der Waals surface area contributed by atoms with Gasteiger partial charge in [-0.1, -0.05) is 57.0 Å². The average Bonchev–Trinajstić information content (AvgIpc) is 2.55. The van der Waals surface area contributed by atoms with E-state index >= 15 is 0 Å². The number of amides is 1. The molecule has 0 atom stereocenters. The van der Waals surface area contributed by atoms with E-state index in [1.165, 1.54) is 0 Å². The van der Waals surface area contributed by atoms with E-state index < -0.39 is 0 Å². The second-order valence-electron chi connectivity index (χ2n) is 7.81. The predicted octanol–water partition coefficient (Wildman–Crippen LogP) is 5.00. The van der Waals surface area contributed by atoms with Crippen molar-refractivity contribution in [3.05, 3.63) is 33.8 Å². The molecule has 2 rings (SSSR count). The summed E-state index contributed by atoms with van der Waals surface area (Å²) >= 11 is 12.2. The third kappa shape index (κ3) is 5.87. The van der Waals surface area contributed by atoms with Crippen LogP contribution in [0.3, 0.4) is 0 Å². The van der Waals surface area contributed by atoms with E-state index in [1.807, 2.05) is 12.1 Å². The van der Waals surface area contributed by atoms with Gasteiger partial charge in [-0.3, -0.25) is 9.69 Å². The lowest BCUT2D eigenvalue weighted by atomic mass is 9.90. The molecule has 1 N–H and O–H groups in total. The molecule has 1 amide bonds. The van der Waals surface area contributed by atoms with Crippen molar-refractivity contribution < 1.29 is 4.79 Å². The Bertz CT molecular complexity index is 573. The molecule has 140 valence electrons. The summed E-state index contributed by atoms with van der Waals surface area (Å²) in [5, 5.41) is 4.65. The average molecular weight is 385 g/mol. The first kappa shape index (κ1) is 20.5. The summed E-state index contributed by atoms with van der Waals surface area (Å²) in [7, 11) is 0. The molecule has 1 fully saturated rings. The Morgan fingerprint density at radius 3 is 2.28 bits per heavy atom. The van der Waals surface area contributed by atoms with Crippen LogP contribution in [0.5, 0.6) is 0 Å². The zero-order chi connectivity index (χ0) is 18.6. The zero-order valence-corrected chi connectivity index (χ0v) is 17.2. The Labute approximate surface area is 162 Å². The van der Waals surface area contributed by atoms with Crippen LogP contribution in [0.1, 0.15) is 46.1 Å². The van der Waals surface area contributed by atoms with Crippen molar-refractivity contribution in [2.45, 2.75) is 53.1 Å². The molecule has 1 aromatic carbocycles. The zero-order valence-electron chi connectivity index (χ0n) is 15.7. The lowest BCUT2D eigenvalue weighted by Gasteiger charge is -2.33. The number of hydrogen-bond donors (Lipinski definition) is 1. The van der Waals surface area contributed by atoms with Gasteiger partial charge in [0.2, 0.25) is 5.91 Å². The summed E-state index contributed by atoms with van der Waals surface area (Å²) in [4.78, 5) is 15.0. The van der Waals surface area contributed by atoms with E-state index in [0.717, 1.165) is 38.0 Å². The van der Waals surface area contributed by atoms with Crippen LogP contribution in [0, 0.1) is 17.8 Å². The van der Waals surface area contributed by atoms with Crippen molar-refractivity contribution in [3.63, 3.8) is 0 Å². The standard InChI is InChI=1S/C20H30Cl2N2O/c1-13(2)19(14(3)4)23-20(25)15-7-9-24(10-8-15)12-16-5-6-17(21)11-18(16)22/h5-6,11,13-15,19H,7-10,12H2,1-4H3,(H,23,25). The number of nitrogens with one attached hydrogen (secondary N) is 1. The number of nitrogens with zero attached hydrogens (tertiary/aromatic N) is 1. The third-order valence-corrected chi connectivity index (χ3v) is 5.70. The molecule has 1 aliphatic rings. The highest BCUT2D eigenvalue weighted by molar-refractivity contribution is 6.35. The first-order valence-electron chi connectivity index (χ1n) is 9.24. The van der Waals surface area contributed by atoms with Gasteiger partial charge in [0.05, 0.1) is 0 Å². The molecule has 1 saturated heterocycles. The van der Waals surface area contributed by atoms with Crippen molar-refractivity contribution in [2.24, 2.45) is 17.8 Å². The SMILES string of the molecule is CC(C)C(NC(=O)C1CCN(Cc2ccc(Cl)cc2Cl)CC1)C(C)C. The van der Waals surface area contributed by atoms with Crippen LogP contribution >= 0.6 is 23.2 Å². The molecule has 0 saturated carbocycles. The number of carbonyl (C=O) groups excluding carboxylic acids is 1. The second kappa shape index (κ2) is 9.25. The van der Waals surface area contributed by atoms with E-state index in [1.54, 1.807) is 6.07 Å². The van der Waals surface area contributed by atoms with Crippen molar-refractivity contribution in [1.82, 2.24) is 10.2 Å². The maximum atomic E-state index is 12.6. The summed E-state index contributed by atoms with van der Waals surface area (Å²) in [6, 6.07) is 5.90. The highest BCUT2D eigenvalue weighted by Gasteiger charge is 2.28. The number of benzene rings is 1. The molecule has 1 aliphatic heterocycles. The quantitative estimate of drug-likeness (QED) is 0.747. The van der Waals surface area contributed by atoms with E-state index in [4.69, 9.17) is 23.2 Å². The summed E-state index contributed by atoms with van der Waals surface area (Å²) in [6.45, 7) is 11.3. The van der Waals surface area contributed by atoms with Gasteiger partial charge >= 0.3 is 0 Å². The number of rotatable bonds is 6. The van der Waals surface area contributed by atoms with Crippen LogP contribution in [-0.4, -0.2) is 29.9 Å². The van der Waals surface area contributed by atoms with E-state index in [2.05, 4.69) is 37.9 Å². The van der Waals surface area contributed by atoms with Gasteiger partial charge in [-0.15, -0.1) is 0 Å². The molecule has 0 spiro atoms. The number of likely N-dealkylation sites (tertiary alicyclic amines) is 1.